The summed E-state index contributed by atoms with van der Waals surface area (Å²) in [5, 5.41) is 13.5. The Morgan fingerprint density at radius 3 is 2.70 bits per heavy atom. The molecule has 1 amide bonds. The standard InChI is InChI=1S/C30H32F2N4O4/c1-35-16-23(22-4-2-3-5-25(22)35)29-34-24-11-8-18(27(32)28(24)40-29)12-26(37)36-15-19(31)13-21(36)14-33-20-9-6-17(7-10-20)30(38)39/h2-5,8,11,16-17,19-21,33H,6-7,9-10,12-15H2,1H3,(H,38,39)/t17?,19-,20?,21-/m0/s1. The van der Waals surface area contributed by atoms with Gasteiger partial charge in [-0.25, -0.2) is 13.8 Å². The van der Waals surface area contributed by atoms with Gasteiger partial charge < -0.3 is 24.3 Å². The predicted octanol–water partition coefficient (Wildman–Crippen LogP) is 4.84. The minimum Gasteiger partial charge on any atom is -0.481 e. The molecule has 2 N–H and O–H groups in total. The molecule has 1 saturated heterocycles. The number of hydrogen-bond donors (Lipinski definition) is 2. The number of aliphatic carboxylic acids is 1. The fourth-order valence-electron chi connectivity index (χ4n) is 6.23. The molecule has 2 fully saturated rings. The Bertz CT molecular complexity index is 1570. The van der Waals surface area contributed by atoms with Crippen molar-refractivity contribution in [3.8, 4) is 11.5 Å². The second kappa shape index (κ2) is 10.6. The maximum absolute atomic E-state index is 15.6. The lowest BCUT2D eigenvalue weighted by Crippen LogP contribution is -2.45. The van der Waals surface area contributed by atoms with Crippen LogP contribution in [0, 0.1) is 11.7 Å². The van der Waals surface area contributed by atoms with E-state index in [0.717, 1.165) is 29.3 Å². The average molecular weight is 551 g/mol. The number of carbonyl (C=O) groups is 2. The molecule has 10 heteroatoms. The summed E-state index contributed by atoms with van der Waals surface area (Å²) in [7, 11) is 1.92. The van der Waals surface area contributed by atoms with Crippen LogP contribution in [-0.4, -0.2) is 62.8 Å². The van der Waals surface area contributed by atoms with Crippen molar-refractivity contribution < 1.29 is 27.9 Å². The normalized spacial score (nSPS) is 23.3. The van der Waals surface area contributed by atoms with Crippen molar-refractivity contribution in [2.75, 3.05) is 13.1 Å². The van der Waals surface area contributed by atoms with Gasteiger partial charge in [0.25, 0.3) is 0 Å². The molecule has 210 valence electrons. The van der Waals surface area contributed by atoms with Crippen molar-refractivity contribution in [2.45, 2.75) is 56.8 Å². The summed E-state index contributed by atoms with van der Waals surface area (Å²) in [5.74, 6) is -1.74. The number of para-hydroxylation sites is 1. The molecule has 40 heavy (non-hydrogen) atoms. The number of hydrogen-bond acceptors (Lipinski definition) is 5. The van der Waals surface area contributed by atoms with E-state index < -0.39 is 18.0 Å². The number of amides is 1. The fourth-order valence-corrected chi connectivity index (χ4v) is 6.23. The number of carboxylic acids is 1. The van der Waals surface area contributed by atoms with E-state index in [1.54, 1.807) is 12.1 Å². The van der Waals surface area contributed by atoms with Crippen LogP contribution in [0.2, 0.25) is 0 Å². The maximum Gasteiger partial charge on any atom is 0.306 e. The molecule has 2 aromatic heterocycles. The quantitative estimate of drug-likeness (QED) is 0.342. The number of aryl methyl sites for hydroxylation is 1. The van der Waals surface area contributed by atoms with E-state index in [4.69, 9.17) is 4.42 Å². The van der Waals surface area contributed by atoms with Gasteiger partial charge in [-0.1, -0.05) is 24.3 Å². The molecule has 0 radical (unpaired) electrons. The third kappa shape index (κ3) is 4.96. The fraction of sp³-hybridized carbons (Fsp3) is 0.433. The van der Waals surface area contributed by atoms with Gasteiger partial charge in [-0.05, 0) is 37.8 Å². The molecular weight excluding hydrogens is 518 g/mol. The number of nitrogens with zero attached hydrogens (tertiary/aromatic N) is 3. The van der Waals surface area contributed by atoms with E-state index >= 15 is 4.39 Å². The number of alkyl halides is 1. The van der Waals surface area contributed by atoms with Crippen molar-refractivity contribution in [3.05, 3.63) is 54.0 Å². The Balaban J connectivity index is 1.16. The molecule has 2 aromatic carbocycles. The second-order valence-corrected chi connectivity index (χ2v) is 11.1. The van der Waals surface area contributed by atoms with E-state index in [1.807, 2.05) is 42.1 Å². The molecule has 0 spiro atoms. The summed E-state index contributed by atoms with van der Waals surface area (Å²) in [5.41, 5.74) is 2.29. The van der Waals surface area contributed by atoms with Crippen molar-refractivity contribution in [1.29, 1.82) is 0 Å². The molecule has 0 unspecified atom stereocenters. The van der Waals surface area contributed by atoms with Crippen LogP contribution in [0.1, 0.15) is 37.7 Å². The number of carbonyl (C=O) groups excluding carboxylic acids is 1. The van der Waals surface area contributed by atoms with Crippen molar-refractivity contribution >= 4 is 33.9 Å². The molecule has 4 aromatic rings. The number of rotatable bonds is 7. The number of benzene rings is 2. The lowest BCUT2D eigenvalue weighted by atomic mass is 9.86. The van der Waals surface area contributed by atoms with Crippen LogP contribution in [0.15, 0.2) is 47.0 Å². The van der Waals surface area contributed by atoms with Crippen molar-refractivity contribution in [3.63, 3.8) is 0 Å². The van der Waals surface area contributed by atoms with E-state index in [0.29, 0.717) is 30.8 Å². The number of oxazole rings is 1. The molecule has 0 bridgehead atoms. The third-order valence-electron chi connectivity index (χ3n) is 8.45. The largest absolute Gasteiger partial charge is 0.481 e. The lowest BCUT2D eigenvalue weighted by Gasteiger charge is -2.30. The van der Waals surface area contributed by atoms with E-state index in [2.05, 4.69) is 10.3 Å². The molecule has 8 nitrogen and oxygen atoms in total. The molecule has 2 aliphatic rings. The number of carboxylic acid groups (broad SMARTS) is 1. The van der Waals surface area contributed by atoms with Gasteiger partial charge in [0, 0.05) is 54.8 Å². The zero-order valence-electron chi connectivity index (χ0n) is 22.3. The van der Waals surface area contributed by atoms with Crippen molar-refractivity contribution in [1.82, 2.24) is 19.8 Å². The first-order valence-corrected chi connectivity index (χ1v) is 13.8. The van der Waals surface area contributed by atoms with Gasteiger partial charge in [-0.2, -0.15) is 0 Å². The summed E-state index contributed by atoms with van der Waals surface area (Å²) in [6, 6.07) is 10.8. The Morgan fingerprint density at radius 1 is 1.15 bits per heavy atom. The highest BCUT2D eigenvalue weighted by atomic mass is 19.1. The Morgan fingerprint density at radius 2 is 1.93 bits per heavy atom. The first kappa shape index (κ1) is 26.4. The highest BCUT2D eigenvalue weighted by molar-refractivity contribution is 5.95. The predicted molar refractivity (Wildman–Crippen MR) is 146 cm³/mol. The van der Waals surface area contributed by atoms with Gasteiger partial charge >= 0.3 is 5.97 Å². The molecule has 2 atom stereocenters. The highest BCUT2D eigenvalue weighted by Crippen LogP contribution is 2.33. The Hall–Kier alpha value is -3.79. The number of fused-ring (bicyclic) bond motifs is 2. The van der Waals surface area contributed by atoms with E-state index in [9.17, 15) is 19.1 Å². The van der Waals surface area contributed by atoms with Gasteiger partial charge in [-0.3, -0.25) is 9.59 Å². The Kier molecular flexibility index (Phi) is 7.04. The number of halogens is 2. The second-order valence-electron chi connectivity index (χ2n) is 11.1. The van der Waals surface area contributed by atoms with E-state index in [1.165, 1.54) is 4.90 Å². The van der Waals surface area contributed by atoms with Gasteiger partial charge in [0.15, 0.2) is 11.4 Å². The molecule has 6 rings (SSSR count). The first-order valence-electron chi connectivity index (χ1n) is 13.8. The van der Waals surface area contributed by atoms with Crippen molar-refractivity contribution in [2.24, 2.45) is 13.0 Å². The molecule has 1 aliphatic carbocycles. The molecule has 1 saturated carbocycles. The lowest BCUT2D eigenvalue weighted by molar-refractivity contribution is -0.143. The third-order valence-corrected chi connectivity index (χ3v) is 8.45. The summed E-state index contributed by atoms with van der Waals surface area (Å²) in [6.07, 6.45) is 3.46. The topological polar surface area (TPSA) is 101 Å². The summed E-state index contributed by atoms with van der Waals surface area (Å²) in [4.78, 5) is 30.5. The minimum absolute atomic E-state index is 0.00629. The van der Waals surface area contributed by atoms with Crippen LogP contribution in [0.25, 0.3) is 33.5 Å². The summed E-state index contributed by atoms with van der Waals surface area (Å²) >= 11 is 0. The van der Waals surface area contributed by atoms with Gasteiger partial charge in [0.05, 0.1) is 24.4 Å². The zero-order valence-corrected chi connectivity index (χ0v) is 22.3. The minimum atomic E-state index is -1.14. The maximum atomic E-state index is 15.6. The van der Waals surface area contributed by atoms with Crippen LogP contribution in [-0.2, 0) is 23.1 Å². The monoisotopic (exact) mass is 550 g/mol. The molecule has 1 aliphatic heterocycles. The van der Waals surface area contributed by atoms with E-state index in [-0.39, 0.29) is 54.4 Å². The van der Waals surface area contributed by atoms with Gasteiger partial charge in [0.1, 0.15) is 11.7 Å². The zero-order chi connectivity index (χ0) is 28.0. The number of aromatic nitrogens is 2. The molecular formula is C30H32F2N4O4. The first-order chi connectivity index (χ1) is 19.3. The molecule has 3 heterocycles. The Labute approximate surface area is 230 Å². The number of likely N-dealkylation sites (tertiary alicyclic amines) is 1. The van der Waals surface area contributed by atoms with Crippen LogP contribution in [0.4, 0.5) is 8.78 Å². The van der Waals surface area contributed by atoms with Gasteiger partial charge in [0.2, 0.25) is 11.8 Å². The van der Waals surface area contributed by atoms with Crippen LogP contribution in [0.5, 0.6) is 0 Å². The van der Waals surface area contributed by atoms with Crippen LogP contribution < -0.4 is 5.32 Å². The SMILES string of the molecule is Cn1cc(-c2nc3ccc(CC(=O)N4C[C@@H](F)C[C@H]4CNC4CCC(C(=O)O)CC4)c(F)c3o2)c2ccccc21. The highest BCUT2D eigenvalue weighted by Gasteiger charge is 2.36. The smallest absolute Gasteiger partial charge is 0.306 e. The number of nitrogens with one attached hydrogen (secondary N) is 1. The van der Waals surface area contributed by atoms with Crippen LogP contribution in [0.3, 0.4) is 0 Å². The van der Waals surface area contributed by atoms with Gasteiger partial charge in [-0.15, -0.1) is 0 Å². The average Bonchev–Trinajstić information content (AvgIpc) is 3.64. The van der Waals surface area contributed by atoms with Crippen LogP contribution >= 0.6 is 0 Å². The summed E-state index contributed by atoms with van der Waals surface area (Å²) in [6.45, 7) is 0.404. The summed E-state index contributed by atoms with van der Waals surface area (Å²) < 4.78 is 37.8.